The maximum Gasteiger partial charge on any atom is 0.290 e. The predicted octanol–water partition coefficient (Wildman–Crippen LogP) is 13.1. The van der Waals surface area contributed by atoms with E-state index in [1.54, 1.807) is 0 Å². The molecule has 0 saturated heterocycles. The molecule has 0 aromatic heterocycles. The molecule has 0 aliphatic carbocycles. The highest BCUT2D eigenvalue weighted by Crippen LogP contribution is 2.51. The lowest BCUT2D eigenvalue weighted by atomic mass is 9.86. The fraction of sp³-hybridized carbons (Fsp3) is 0.429. The van der Waals surface area contributed by atoms with Crippen LogP contribution in [0.3, 0.4) is 0 Å². The van der Waals surface area contributed by atoms with Crippen LogP contribution in [0.5, 0.6) is 23.0 Å². The van der Waals surface area contributed by atoms with Gasteiger partial charge in [0.2, 0.25) is 0 Å². The lowest BCUT2D eigenvalue weighted by molar-refractivity contribution is 0.451. The van der Waals surface area contributed by atoms with Crippen LogP contribution in [0.1, 0.15) is 105 Å². The SMILES string of the molecule is CC(C)(C)c1ccccc1OP(CCP(Oc1ccccc1C(C)(C)C)Oc1ccccc1C(C)(C)C)Oc1ccccc1C(C)(C)C. The van der Waals surface area contributed by atoms with E-state index < -0.39 is 16.8 Å². The van der Waals surface area contributed by atoms with E-state index in [0.717, 1.165) is 45.3 Å². The van der Waals surface area contributed by atoms with Crippen molar-refractivity contribution < 1.29 is 18.1 Å². The molecule has 0 aliphatic rings. The molecule has 0 radical (unpaired) electrons. The van der Waals surface area contributed by atoms with Gasteiger partial charge in [0.25, 0.3) is 16.8 Å². The van der Waals surface area contributed by atoms with Crippen molar-refractivity contribution in [1.82, 2.24) is 0 Å². The summed E-state index contributed by atoms with van der Waals surface area (Å²) in [5.74, 6) is 3.41. The first kappa shape index (κ1) is 37.8. The van der Waals surface area contributed by atoms with Crippen molar-refractivity contribution in [2.75, 3.05) is 12.3 Å². The third kappa shape index (κ3) is 10.2. The highest BCUT2D eigenvalue weighted by atomic mass is 31.2. The molecule has 258 valence electrons. The monoisotopic (exact) mass is 686 g/mol. The molecule has 0 spiro atoms. The Kier molecular flexibility index (Phi) is 12.0. The molecule has 0 aliphatic heterocycles. The molecule has 48 heavy (non-hydrogen) atoms. The van der Waals surface area contributed by atoms with Crippen molar-refractivity contribution in [2.45, 2.75) is 105 Å². The summed E-state index contributed by atoms with van der Waals surface area (Å²) in [5, 5.41) is 0. The minimum atomic E-state index is -1.43. The zero-order chi connectivity index (χ0) is 35.3. The molecule has 4 aromatic rings. The number of benzene rings is 4. The lowest BCUT2D eigenvalue weighted by Gasteiger charge is -2.30. The molecule has 0 fully saturated rings. The van der Waals surface area contributed by atoms with Crippen LogP contribution < -0.4 is 18.1 Å². The molecule has 0 unspecified atom stereocenters. The molecule has 0 atom stereocenters. The summed E-state index contributed by atoms with van der Waals surface area (Å²) < 4.78 is 27.6. The largest absolute Gasteiger partial charge is 0.438 e. The van der Waals surface area contributed by atoms with Gasteiger partial charge in [-0.1, -0.05) is 156 Å². The van der Waals surface area contributed by atoms with E-state index in [1.165, 1.54) is 0 Å². The summed E-state index contributed by atoms with van der Waals surface area (Å²) in [5.41, 5.74) is 4.24. The Labute approximate surface area is 293 Å². The van der Waals surface area contributed by atoms with Gasteiger partial charge in [0, 0.05) is 0 Å². The van der Waals surface area contributed by atoms with E-state index in [1.807, 2.05) is 24.3 Å². The van der Waals surface area contributed by atoms with Crippen LogP contribution in [0.15, 0.2) is 97.1 Å². The van der Waals surface area contributed by atoms with Gasteiger partial charge in [-0.25, -0.2) is 0 Å². The highest BCUT2D eigenvalue weighted by molar-refractivity contribution is 7.52. The summed E-state index contributed by atoms with van der Waals surface area (Å²) in [4.78, 5) is 0. The van der Waals surface area contributed by atoms with Crippen molar-refractivity contribution in [1.29, 1.82) is 0 Å². The van der Waals surface area contributed by atoms with Gasteiger partial charge >= 0.3 is 0 Å². The van der Waals surface area contributed by atoms with Crippen LogP contribution >= 0.6 is 16.8 Å². The van der Waals surface area contributed by atoms with Gasteiger partial charge in [0.05, 0.1) is 12.3 Å². The Morgan fingerprint density at radius 2 is 0.521 bits per heavy atom. The van der Waals surface area contributed by atoms with Crippen LogP contribution in [-0.4, -0.2) is 12.3 Å². The van der Waals surface area contributed by atoms with Gasteiger partial charge in [0.15, 0.2) is 0 Å². The molecule has 0 amide bonds. The lowest BCUT2D eigenvalue weighted by Crippen LogP contribution is -2.17. The van der Waals surface area contributed by atoms with Gasteiger partial charge in [-0.15, -0.1) is 0 Å². The molecule has 4 nitrogen and oxygen atoms in total. The summed E-state index contributed by atoms with van der Waals surface area (Å²) in [7, 11) is -2.85. The zero-order valence-corrected chi connectivity index (χ0v) is 33.0. The van der Waals surface area contributed by atoms with Crippen molar-refractivity contribution in [3.8, 4) is 23.0 Å². The van der Waals surface area contributed by atoms with E-state index >= 15 is 0 Å². The first-order chi connectivity index (χ1) is 22.3. The minimum Gasteiger partial charge on any atom is -0.438 e. The van der Waals surface area contributed by atoms with Gasteiger partial charge < -0.3 is 18.1 Å². The minimum absolute atomic E-state index is 0.0902. The molecule has 0 N–H and O–H groups in total. The molecule has 4 rings (SSSR count). The van der Waals surface area contributed by atoms with Crippen LogP contribution in [0.4, 0.5) is 0 Å². The zero-order valence-electron chi connectivity index (χ0n) is 31.2. The number of hydrogen-bond acceptors (Lipinski definition) is 4. The van der Waals surface area contributed by atoms with E-state index in [4.69, 9.17) is 18.1 Å². The highest BCUT2D eigenvalue weighted by Gasteiger charge is 2.30. The Morgan fingerprint density at radius 1 is 0.333 bits per heavy atom. The molecular weight excluding hydrogens is 630 g/mol. The fourth-order valence-electron chi connectivity index (χ4n) is 5.49. The molecule has 0 saturated carbocycles. The van der Waals surface area contributed by atoms with E-state index in [9.17, 15) is 0 Å². The van der Waals surface area contributed by atoms with Gasteiger partial charge in [0.1, 0.15) is 23.0 Å². The van der Waals surface area contributed by atoms with Crippen molar-refractivity contribution in [2.24, 2.45) is 0 Å². The Bertz CT molecular complexity index is 1390. The standard InChI is InChI=1S/C42H56O4P2/c1-39(2,3)31-21-13-17-25-35(31)43-47(44-36-26-18-14-22-32(36)40(4,5)6)29-30-48(45-37-27-19-15-23-33(37)41(7,8)9)46-38-28-20-16-24-34(38)42(10,11)12/h13-28H,29-30H2,1-12H3. The number of hydrogen-bond donors (Lipinski definition) is 0. The molecule has 6 heteroatoms. The van der Waals surface area contributed by atoms with Crippen molar-refractivity contribution >= 4 is 16.8 Å². The maximum atomic E-state index is 6.89. The van der Waals surface area contributed by atoms with Crippen LogP contribution in [0.25, 0.3) is 0 Å². The molecule has 0 bridgehead atoms. The van der Waals surface area contributed by atoms with E-state index in [0.29, 0.717) is 12.3 Å². The smallest absolute Gasteiger partial charge is 0.290 e. The van der Waals surface area contributed by atoms with Crippen LogP contribution in [-0.2, 0) is 21.7 Å². The third-order valence-corrected chi connectivity index (χ3v) is 11.2. The number of para-hydroxylation sites is 4. The third-order valence-electron chi connectivity index (χ3n) is 8.05. The van der Waals surface area contributed by atoms with E-state index in [-0.39, 0.29) is 21.7 Å². The molecule has 4 aromatic carbocycles. The normalized spacial score (nSPS) is 12.7. The predicted molar refractivity (Wildman–Crippen MR) is 207 cm³/mol. The van der Waals surface area contributed by atoms with E-state index in [2.05, 4.69) is 156 Å². The first-order valence-electron chi connectivity index (χ1n) is 17.0. The number of rotatable bonds is 11. The quantitative estimate of drug-likeness (QED) is 0.147. The molecular formula is C42H56O4P2. The second-order valence-corrected chi connectivity index (χ2v) is 19.4. The van der Waals surface area contributed by atoms with Gasteiger partial charge in [-0.3, -0.25) is 0 Å². The summed E-state index contributed by atoms with van der Waals surface area (Å²) >= 11 is 0. The van der Waals surface area contributed by atoms with Crippen LogP contribution in [0, 0.1) is 0 Å². The Hall–Kier alpha value is -3.06. The topological polar surface area (TPSA) is 36.9 Å². The van der Waals surface area contributed by atoms with Crippen LogP contribution in [0.2, 0.25) is 0 Å². The summed E-state index contributed by atoms with van der Waals surface area (Å²) in [6, 6.07) is 33.3. The molecule has 0 heterocycles. The second-order valence-electron chi connectivity index (χ2n) is 16.5. The van der Waals surface area contributed by atoms with Crippen molar-refractivity contribution in [3.05, 3.63) is 119 Å². The summed E-state index contributed by atoms with van der Waals surface area (Å²) in [6.07, 6.45) is 1.24. The fourth-order valence-corrected chi connectivity index (χ4v) is 8.75. The Morgan fingerprint density at radius 3 is 0.708 bits per heavy atom. The Balaban J connectivity index is 1.74. The van der Waals surface area contributed by atoms with Gasteiger partial charge in [-0.2, -0.15) is 0 Å². The maximum absolute atomic E-state index is 6.89. The first-order valence-corrected chi connectivity index (χ1v) is 19.7. The average molecular weight is 687 g/mol. The van der Waals surface area contributed by atoms with Crippen molar-refractivity contribution in [3.63, 3.8) is 0 Å². The second kappa shape index (κ2) is 15.2. The summed E-state index contributed by atoms with van der Waals surface area (Å²) in [6.45, 7) is 26.6. The van der Waals surface area contributed by atoms with Gasteiger partial charge in [-0.05, 0) is 68.2 Å². The average Bonchev–Trinajstić information content (AvgIpc) is 2.99.